The van der Waals surface area contributed by atoms with E-state index in [2.05, 4.69) is 15.3 Å². The zero-order valence-electron chi connectivity index (χ0n) is 15.5. The van der Waals surface area contributed by atoms with Crippen LogP contribution in [0.25, 0.3) is 0 Å². The normalized spacial score (nSPS) is 11.9. The van der Waals surface area contributed by atoms with E-state index in [1.54, 1.807) is 11.1 Å². The number of hydrogen-bond acceptors (Lipinski definition) is 6. The highest BCUT2D eigenvalue weighted by Crippen LogP contribution is 2.34. The van der Waals surface area contributed by atoms with E-state index in [-0.39, 0.29) is 12.7 Å². The van der Waals surface area contributed by atoms with Crippen molar-refractivity contribution in [3.05, 3.63) is 72.2 Å². The summed E-state index contributed by atoms with van der Waals surface area (Å²) < 4.78 is 10.7. The number of fused-ring (bicyclic) bond motifs is 1. The highest BCUT2D eigenvalue weighted by atomic mass is 16.7. The highest BCUT2D eigenvalue weighted by molar-refractivity contribution is 5.92. The molecule has 0 atom stereocenters. The smallest absolute Gasteiger partial charge is 0.274 e. The van der Waals surface area contributed by atoms with Crippen LogP contribution in [0.1, 0.15) is 23.0 Å². The minimum atomic E-state index is -0.145. The SMILES string of the molecule is CCN(Cc1ccccc1)C(=O)c1cnc(Nc2ccc3c(c2)OCO3)cn1. The minimum absolute atomic E-state index is 0.145. The van der Waals surface area contributed by atoms with Crippen LogP contribution in [0.4, 0.5) is 11.5 Å². The minimum Gasteiger partial charge on any atom is -0.454 e. The summed E-state index contributed by atoms with van der Waals surface area (Å²) in [5, 5.41) is 3.15. The lowest BCUT2D eigenvalue weighted by molar-refractivity contribution is 0.0746. The molecule has 0 radical (unpaired) electrons. The molecule has 1 N–H and O–H groups in total. The monoisotopic (exact) mass is 376 g/mol. The number of aromatic nitrogens is 2. The molecule has 7 nitrogen and oxygen atoms in total. The van der Waals surface area contributed by atoms with Gasteiger partial charge in [-0.1, -0.05) is 30.3 Å². The van der Waals surface area contributed by atoms with Gasteiger partial charge in [0.25, 0.3) is 5.91 Å². The molecule has 0 bridgehead atoms. The van der Waals surface area contributed by atoms with Gasteiger partial charge in [0.05, 0.1) is 12.4 Å². The van der Waals surface area contributed by atoms with Crippen LogP contribution in [0.3, 0.4) is 0 Å². The van der Waals surface area contributed by atoms with Crippen molar-refractivity contribution in [1.29, 1.82) is 0 Å². The number of carbonyl (C=O) groups excluding carboxylic acids is 1. The molecule has 4 rings (SSSR count). The van der Waals surface area contributed by atoms with Gasteiger partial charge in [-0.25, -0.2) is 9.97 Å². The standard InChI is InChI=1S/C21H20N4O3/c1-2-25(13-15-6-4-3-5-7-15)21(26)17-11-23-20(12-22-17)24-16-8-9-18-19(10-16)28-14-27-18/h3-12H,2,13-14H2,1H3,(H,23,24). The topological polar surface area (TPSA) is 76.6 Å². The second-order valence-corrected chi connectivity index (χ2v) is 6.28. The lowest BCUT2D eigenvalue weighted by Crippen LogP contribution is -2.31. The number of amides is 1. The van der Waals surface area contributed by atoms with E-state index < -0.39 is 0 Å². The Labute approximate surface area is 163 Å². The molecule has 2 heterocycles. The Bertz CT molecular complexity index is 961. The largest absolute Gasteiger partial charge is 0.454 e. The fourth-order valence-corrected chi connectivity index (χ4v) is 2.92. The zero-order chi connectivity index (χ0) is 19.3. The van der Waals surface area contributed by atoms with Crippen molar-refractivity contribution in [2.75, 3.05) is 18.7 Å². The van der Waals surface area contributed by atoms with Crippen molar-refractivity contribution >= 4 is 17.4 Å². The van der Waals surface area contributed by atoms with Crippen molar-refractivity contribution in [3.63, 3.8) is 0 Å². The first-order valence-electron chi connectivity index (χ1n) is 9.05. The van der Waals surface area contributed by atoms with E-state index in [0.29, 0.717) is 30.4 Å². The Hall–Kier alpha value is -3.61. The van der Waals surface area contributed by atoms with Crippen LogP contribution in [0.5, 0.6) is 11.5 Å². The molecule has 142 valence electrons. The van der Waals surface area contributed by atoms with Crippen LogP contribution >= 0.6 is 0 Å². The molecule has 2 aromatic carbocycles. The Morgan fingerprint density at radius 3 is 2.64 bits per heavy atom. The van der Waals surface area contributed by atoms with Crippen molar-refractivity contribution < 1.29 is 14.3 Å². The average molecular weight is 376 g/mol. The molecule has 0 saturated carbocycles. The molecule has 1 aliphatic heterocycles. The maximum Gasteiger partial charge on any atom is 0.274 e. The fraction of sp³-hybridized carbons (Fsp3) is 0.190. The van der Waals surface area contributed by atoms with Gasteiger partial charge in [-0.2, -0.15) is 0 Å². The molecule has 3 aromatic rings. The third-order valence-corrected chi connectivity index (χ3v) is 4.40. The second-order valence-electron chi connectivity index (χ2n) is 6.28. The van der Waals surface area contributed by atoms with Gasteiger partial charge in [0.1, 0.15) is 11.5 Å². The predicted molar refractivity (Wildman–Crippen MR) is 105 cm³/mol. The van der Waals surface area contributed by atoms with E-state index >= 15 is 0 Å². The first kappa shape index (κ1) is 17.8. The Balaban J connectivity index is 1.44. The predicted octanol–water partition coefficient (Wildman–Crippen LogP) is 3.61. The van der Waals surface area contributed by atoms with E-state index in [4.69, 9.17) is 9.47 Å². The molecule has 0 spiro atoms. The molecular weight excluding hydrogens is 356 g/mol. The number of nitrogens with zero attached hydrogens (tertiary/aromatic N) is 3. The first-order chi connectivity index (χ1) is 13.7. The number of rotatable bonds is 6. The Morgan fingerprint density at radius 2 is 1.89 bits per heavy atom. The summed E-state index contributed by atoms with van der Waals surface area (Å²) >= 11 is 0. The van der Waals surface area contributed by atoms with Gasteiger partial charge in [0.2, 0.25) is 6.79 Å². The molecule has 28 heavy (non-hydrogen) atoms. The third kappa shape index (κ3) is 3.88. The van der Waals surface area contributed by atoms with Crippen LogP contribution in [-0.2, 0) is 6.54 Å². The van der Waals surface area contributed by atoms with Crippen molar-refractivity contribution in [3.8, 4) is 11.5 Å². The van der Waals surface area contributed by atoms with Crippen LogP contribution in [0.15, 0.2) is 60.9 Å². The molecule has 0 unspecified atom stereocenters. The van der Waals surface area contributed by atoms with Crippen molar-refractivity contribution in [2.45, 2.75) is 13.5 Å². The van der Waals surface area contributed by atoms with E-state index in [1.807, 2.05) is 55.5 Å². The van der Waals surface area contributed by atoms with Gasteiger partial charge >= 0.3 is 0 Å². The summed E-state index contributed by atoms with van der Waals surface area (Å²) in [6.45, 7) is 3.30. The maximum atomic E-state index is 12.8. The van der Waals surface area contributed by atoms with Crippen LogP contribution in [-0.4, -0.2) is 34.1 Å². The molecule has 0 aliphatic carbocycles. The van der Waals surface area contributed by atoms with Crippen molar-refractivity contribution in [2.24, 2.45) is 0 Å². The molecule has 0 saturated heterocycles. The van der Waals surface area contributed by atoms with Gasteiger partial charge < -0.3 is 19.7 Å². The molecule has 7 heteroatoms. The number of anilines is 2. The molecule has 1 aliphatic rings. The van der Waals surface area contributed by atoms with E-state index in [9.17, 15) is 4.79 Å². The fourth-order valence-electron chi connectivity index (χ4n) is 2.92. The summed E-state index contributed by atoms with van der Waals surface area (Å²) in [6, 6.07) is 15.4. The van der Waals surface area contributed by atoms with Crippen LogP contribution in [0.2, 0.25) is 0 Å². The van der Waals surface area contributed by atoms with Crippen LogP contribution < -0.4 is 14.8 Å². The van der Waals surface area contributed by atoms with Gasteiger partial charge in [0, 0.05) is 24.8 Å². The number of benzene rings is 2. The molecule has 0 fully saturated rings. The lowest BCUT2D eigenvalue weighted by atomic mass is 10.2. The van der Waals surface area contributed by atoms with E-state index in [0.717, 1.165) is 17.0 Å². The summed E-state index contributed by atoms with van der Waals surface area (Å²) in [6.07, 6.45) is 3.04. The Kier molecular flexibility index (Phi) is 5.05. The zero-order valence-corrected chi connectivity index (χ0v) is 15.5. The third-order valence-electron chi connectivity index (χ3n) is 4.40. The number of ether oxygens (including phenoxy) is 2. The first-order valence-corrected chi connectivity index (χ1v) is 9.05. The number of nitrogens with one attached hydrogen (secondary N) is 1. The molecular formula is C21H20N4O3. The quantitative estimate of drug-likeness (QED) is 0.708. The second kappa shape index (κ2) is 7.96. The van der Waals surface area contributed by atoms with Gasteiger partial charge in [-0.05, 0) is 24.6 Å². The summed E-state index contributed by atoms with van der Waals surface area (Å²) in [5.74, 6) is 1.80. The van der Waals surface area contributed by atoms with Crippen LogP contribution in [0, 0.1) is 0 Å². The Morgan fingerprint density at radius 1 is 1.07 bits per heavy atom. The van der Waals surface area contributed by atoms with Gasteiger partial charge in [-0.3, -0.25) is 4.79 Å². The summed E-state index contributed by atoms with van der Waals surface area (Å²) in [7, 11) is 0. The lowest BCUT2D eigenvalue weighted by Gasteiger charge is -2.20. The highest BCUT2D eigenvalue weighted by Gasteiger charge is 2.17. The number of carbonyl (C=O) groups is 1. The summed E-state index contributed by atoms with van der Waals surface area (Å²) in [4.78, 5) is 23.1. The molecule has 1 amide bonds. The maximum absolute atomic E-state index is 12.8. The number of hydrogen-bond donors (Lipinski definition) is 1. The average Bonchev–Trinajstić information content (AvgIpc) is 3.21. The molecule has 1 aromatic heterocycles. The van der Waals surface area contributed by atoms with Gasteiger partial charge in [-0.15, -0.1) is 0 Å². The van der Waals surface area contributed by atoms with Crippen molar-refractivity contribution in [1.82, 2.24) is 14.9 Å². The van der Waals surface area contributed by atoms with E-state index in [1.165, 1.54) is 6.20 Å². The summed E-state index contributed by atoms with van der Waals surface area (Å²) in [5.41, 5.74) is 2.19. The van der Waals surface area contributed by atoms with Gasteiger partial charge in [0.15, 0.2) is 11.5 Å².